The number of allylic oxidation sites excluding steroid dienone is 2. The molecule has 1 atom stereocenters. The first-order valence-electron chi connectivity index (χ1n) is 8.73. The van der Waals surface area contributed by atoms with Gasteiger partial charge >= 0.3 is 5.97 Å². The fourth-order valence-corrected chi connectivity index (χ4v) is 2.14. The van der Waals surface area contributed by atoms with Crippen molar-refractivity contribution >= 4 is 5.97 Å². The number of ether oxygens (including phenoxy) is 1. The third kappa shape index (κ3) is 15.4. The number of hydrogen-bond donors (Lipinski definition) is 1. The number of carbonyl (C=O) groups excluding carboxylic acids is 1. The Bertz CT molecular complexity index is 261. The molecule has 1 unspecified atom stereocenters. The van der Waals surface area contributed by atoms with Crippen LogP contribution in [0.4, 0.5) is 0 Å². The smallest absolute Gasteiger partial charge is 0.308 e. The summed E-state index contributed by atoms with van der Waals surface area (Å²) < 4.78 is 4.89. The highest BCUT2D eigenvalue weighted by molar-refractivity contribution is 5.69. The van der Waals surface area contributed by atoms with E-state index in [1.807, 2.05) is 6.92 Å². The van der Waals surface area contributed by atoms with Gasteiger partial charge in [-0.3, -0.25) is 4.79 Å². The van der Waals surface area contributed by atoms with Gasteiger partial charge in [-0.05, 0) is 25.7 Å². The van der Waals surface area contributed by atoms with E-state index in [1.165, 1.54) is 44.9 Å². The molecular formula is C18H34O3. The Morgan fingerprint density at radius 1 is 0.952 bits per heavy atom. The number of aliphatic hydroxyl groups excluding tert-OH is 1. The van der Waals surface area contributed by atoms with E-state index < -0.39 is 6.29 Å². The Balaban J connectivity index is 3.28. The summed E-state index contributed by atoms with van der Waals surface area (Å²) in [6.45, 7) is 4.17. The molecule has 3 nitrogen and oxygen atoms in total. The van der Waals surface area contributed by atoms with Crippen molar-refractivity contribution in [3.8, 4) is 0 Å². The van der Waals surface area contributed by atoms with E-state index in [0.29, 0.717) is 12.8 Å². The van der Waals surface area contributed by atoms with Gasteiger partial charge in [0.2, 0.25) is 6.29 Å². The largest absolute Gasteiger partial charge is 0.436 e. The van der Waals surface area contributed by atoms with Gasteiger partial charge in [0.05, 0.1) is 0 Å². The molecule has 21 heavy (non-hydrogen) atoms. The first kappa shape index (κ1) is 20.2. The summed E-state index contributed by atoms with van der Waals surface area (Å²) in [4.78, 5) is 11.4. The topological polar surface area (TPSA) is 46.5 Å². The minimum Gasteiger partial charge on any atom is -0.436 e. The molecule has 124 valence electrons. The van der Waals surface area contributed by atoms with Crippen molar-refractivity contribution in [1.29, 1.82) is 0 Å². The summed E-state index contributed by atoms with van der Waals surface area (Å²) >= 11 is 0. The zero-order valence-corrected chi connectivity index (χ0v) is 14.0. The zero-order valence-electron chi connectivity index (χ0n) is 14.0. The first-order chi connectivity index (χ1) is 10.2. The van der Waals surface area contributed by atoms with E-state index in [1.54, 1.807) is 0 Å². The maximum Gasteiger partial charge on any atom is 0.308 e. The molecule has 0 saturated carbocycles. The fourth-order valence-electron chi connectivity index (χ4n) is 2.14. The Morgan fingerprint density at radius 2 is 1.57 bits per heavy atom. The molecule has 0 aromatic carbocycles. The van der Waals surface area contributed by atoms with Gasteiger partial charge in [-0.1, -0.05) is 64.5 Å². The van der Waals surface area contributed by atoms with Gasteiger partial charge in [0.15, 0.2) is 0 Å². The molecule has 0 fully saturated rings. The van der Waals surface area contributed by atoms with Crippen LogP contribution in [0.5, 0.6) is 0 Å². The van der Waals surface area contributed by atoms with Crippen LogP contribution in [0.15, 0.2) is 12.2 Å². The quantitative estimate of drug-likeness (QED) is 0.209. The molecule has 0 radical (unpaired) electrons. The third-order valence-corrected chi connectivity index (χ3v) is 3.45. The van der Waals surface area contributed by atoms with Gasteiger partial charge < -0.3 is 9.84 Å². The summed E-state index contributed by atoms with van der Waals surface area (Å²) in [5.74, 6) is -0.269. The number of unbranched alkanes of at least 4 members (excludes halogenated alkanes) is 7. The number of rotatable bonds is 14. The van der Waals surface area contributed by atoms with Crippen LogP contribution >= 0.6 is 0 Å². The normalized spacial score (nSPS) is 12.7. The van der Waals surface area contributed by atoms with Gasteiger partial charge in [-0.15, -0.1) is 0 Å². The van der Waals surface area contributed by atoms with Crippen LogP contribution in [0.25, 0.3) is 0 Å². The molecule has 0 aromatic heterocycles. The molecule has 1 N–H and O–H groups in total. The molecule has 0 aliphatic carbocycles. The average Bonchev–Trinajstić information content (AvgIpc) is 2.45. The van der Waals surface area contributed by atoms with Crippen LogP contribution in [0.3, 0.4) is 0 Å². The third-order valence-electron chi connectivity index (χ3n) is 3.45. The molecule has 0 rings (SSSR count). The van der Waals surface area contributed by atoms with Crippen molar-refractivity contribution in [3.63, 3.8) is 0 Å². The number of aliphatic hydroxyl groups is 1. The molecule has 0 heterocycles. The lowest BCUT2D eigenvalue weighted by molar-refractivity contribution is -0.168. The van der Waals surface area contributed by atoms with Crippen molar-refractivity contribution in [1.82, 2.24) is 0 Å². The minimum absolute atomic E-state index is 0.269. The Kier molecular flexibility index (Phi) is 14.9. The van der Waals surface area contributed by atoms with Crippen LogP contribution in [-0.4, -0.2) is 17.4 Å². The highest BCUT2D eigenvalue weighted by Crippen LogP contribution is 2.09. The van der Waals surface area contributed by atoms with Crippen LogP contribution in [0.1, 0.15) is 90.9 Å². The van der Waals surface area contributed by atoms with Crippen molar-refractivity contribution < 1.29 is 14.6 Å². The number of carbonyl (C=O) groups is 1. The maximum atomic E-state index is 11.4. The summed E-state index contributed by atoms with van der Waals surface area (Å²) in [7, 11) is 0. The van der Waals surface area contributed by atoms with Gasteiger partial charge in [0.25, 0.3) is 0 Å². The second-order valence-electron chi connectivity index (χ2n) is 5.65. The van der Waals surface area contributed by atoms with Crippen LogP contribution in [0, 0.1) is 0 Å². The second-order valence-corrected chi connectivity index (χ2v) is 5.65. The first-order valence-corrected chi connectivity index (χ1v) is 8.73. The van der Waals surface area contributed by atoms with Crippen molar-refractivity contribution in [2.24, 2.45) is 0 Å². The lowest BCUT2D eigenvalue weighted by atomic mass is 10.1. The predicted molar refractivity (Wildman–Crippen MR) is 88.0 cm³/mol. The van der Waals surface area contributed by atoms with E-state index in [9.17, 15) is 9.90 Å². The minimum atomic E-state index is -0.915. The van der Waals surface area contributed by atoms with E-state index in [0.717, 1.165) is 19.3 Å². The van der Waals surface area contributed by atoms with Crippen LogP contribution in [-0.2, 0) is 9.53 Å². The lowest BCUT2D eigenvalue weighted by Gasteiger charge is -2.10. The SMILES string of the molecule is CCCC/C=C\CCCCCCCC(=O)OC(O)CCC. The summed E-state index contributed by atoms with van der Waals surface area (Å²) in [6.07, 6.45) is 16.0. The fraction of sp³-hybridized carbons (Fsp3) is 0.833. The molecular weight excluding hydrogens is 264 g/mol. The van der Waals surface area contributed by atoms with Gasteiger partial charge in [0.1, 0.15) is 0 Å². The average molecular weight is 298 g/mol. The predicted octanol–water partition coefficient (Wildman–Crippen LogP) is 5.13. The summed E-state index contributed by atoms with van der Waals surface area (Å²) in [5.41, 5.74) is 0. The van der Waals surface area contributed by atoms with Crippen molar-refractivity contribution in [3.05, 3.63) is 12.2 Å². The van der Waals surface area contributed by atoms with Crippen molar-refractivity contribution in [2.45, 2.75) is 97.2 Å². The molecule has 3 heteroatoms. The number of esters is 1. The monoisotopic (exact) mass is 298 g/mol. The van der Waals surface area contributed by atoms with E-state index in [4.69, 9.17) is 4.74 Å². The van der Waals surface area contributed by atoms with Gasteiger partial charge in [0, 0.05) is 12.8 Å². The van der Waals surface area contributed by atoms with Gasteiger partial charge in [-0.2, -0.15) is 0 Å². The highest BCUT2D eigenvalue weighted by Gasteiger charge is 2.09. The molecule has 0 bridgehead atoms. The van der Waals surface area contributed by atoms with E-state index in [2.05, 4.69) is 19.1 Å². The number of hydrogen-bond acceptors (Lipinski definition) is 3. The Hall–Kier alpha value is -0.830. The second kappa shape index (κ2) is 15.6. The molecule has 0 spiro atoms. The standard InChI is InChI=1S/C18H34O3/c1-3-5-6-7-8-9-10-11-12-13-14-16-18(20)21-17(19)15-4-2/h7-8,17,19H,3-6,9-16H2,1-2H3/b8-7-. The van der Waals surface area contributed by atoms with E-state index in [-0.39, 0.29) is 5.97 Å². The Labute approximate surface area is 130 Å². The van der Waals surface area contributed by atoms with E-state index >= 15 is 0 Å². The molecule has 0 amide bonds. The Morgan fingerprint density at radius 3 is 2.24 bits per heavy atom. The summed E-state index contributed by atoms with van der Waals surface area (Å²) in [6, 6.07) is 0. The molecule has 0 saturated heterocycles. The van der Waals surface area contributed by atoms with Crippen LogP contribution < -0.4 is 0 Å². The van der Waals surface area contributed by atoms with Crippen molar-refractivity contribution in [2.75, 3.05) is 0 Å². The van der Waals surface area contributed by atoms with Crippen LogP contribution in [0.2, 0.25) is 0 Å². The highest BCUT2D eigenvalue weighted by atomic mass is 16.6. The molecule has 0 aliphatic heterocycles. The molecule has 0 aliphatic rings. The lowest BCUT2D eigenvalue weighted by Crippen LogP contribution is -2.16. The summed E-state index contributed by atoms with van der Waals surface area (Å²) in [5, 5.41) is 9.35. The van der Waals surface area contributed by atoms with Gasteiger partial charge in [-0.25, -0.2) is 0 Å². The zero-order chi connectivity index (χ0) is 15.8. The molecule has 0 aromatic rings. The maximum absolute atomic E-state index is 11.4.